The summed E-state index contributed by atoms with van der Waals surface area (Å²) >= 11 is 0. The number of aryl methyl sites for hydroxylation is 1. The van der Waals surface area contributed by atoms with E-state index in [1.54, 1.807) is 0 Å². The molecule has 0 aliphatic rings. The van der Waals surface area contributed by atoms with E-state index < -0.39 is 7.92 Å². The van der Waals surface area contributed by atoms with E-state index in [-0.39, 0.29) is 0 Å². The van der Waals surface area contributed by atoms with Crippen LogP contribution in [0, 0.1) is 0 Å². The minimum atomic E-state index is -0.621. The van der Waals surface area contributed by atoms with Gasteiger partial charge in [0.15, 0.2) is 0 Å². The van der Waals surface area contributed by atoms with Crippen LogP contribution in [0.4, 0.5) is 0 Å². The monoisotopic (exact) mass is 464 g/mol. The first kappa shape index (κ1) is 30.3. The Kier molecular flexibility index (Phi) is 17.3. The highest BCUT2D eigenvalue weighted by Crippen LogP contribution is 2.34. The quantitative estimate of drug-likeness (QED) is 0.271. The molecule has 3 rings (SSSR count). The van der Waals surface area contributed by atoms with Gasteiger partial charge in [0, 0.05) is 0 Å². The van der Waals surface area contributed by atoms with Crippen LogP contribution in [0.25, 0.3) is 0 Å². The predicted octanol–water partition coefficient (Wildman–Crippen LogP) is 7.32. The molecule has 0 radical (unpaired) electrons. The lowest BCUT2D eigenvalue weighted by Crippen LogP contribution is -2.24. The molecule has 0 unspecified atom stereocenters. The third kappa shape index (κ3) is 10.2. The topological polar surface area (TPSA) is 26.3 Å². The summed E-state index contributed by atoms with van der Waals surface area (Å²) in [6.45, 7) is 16.9. The van der Waals surface area contributed by atoms with Gasteiger partial charge in [-0.1, -0.05) is 113 Å². The largest absolute Gasteiger partial charge is 0.497 e. The van der Waals surface area contributed by atoms with Gasteiger partial charge in [-0.2, -0.15) is 0 Å². The van der Waals surface area contributed by atoms with Gasteiger partial charge in [-0.3, -0.25) is 0 Å². The highest BCUT2D eigenvalue weighted by molar-refractivity contribution is 7.79. The maximum absolute atomic E-state index is 8.00. The molecule has 0 saturated carbocycles. The maximum Gasteiger partial charge on any atom is 0.113 e. The first-order valence-corrected chi connectivity index (χ1v) is 13.1. The average Bonchev–Trinajstić information content (AvgIpc) is 2.89. The van der Waals surface area contributed by atoms with Crippen molar-refractivity contribution < 1.29 is 9.53 Å². The van der Waals surface area contributed by atoms with Crippen molar-refractivity contribution in [1.82, 2.24) is 0 Å². The highest BCUT2D eigenvalue weighted by atomic mass is 31.1. The zero-order valence-corrected chi connectivity index (χ0v) is 22.4. The molecule has 3 aromatic rings. The summed E-state index contributed by atoms with van der Waals surface area (Å²) in [5.74, 6) is 0. The van der Waals surface area contributed by atoms with E-state index in [1.807, 2.05) is 40.7 Å². The molecule has 2 nitrogen and oxygen atoms in total. The number of carbonyl (C=O) groups excluding carboxylic acids is 1. The number of allylic oxidation sites excluding steroid dienone is 1. The summed E-state index contributed by atoms with van der Waals surface area (Å²) in [6.07, 6.45) is 2.89. The molecule has 0 aliphatic carbocycles. The van der Waals surface area contributed by atoms with E-state index in [0.717, 1.165) is 6.42 Å². The summed E-state index contributed by atoms with van der Waals surface area (Å²) in [7, 11) is -0.621. The van der Waals surface area contributed by atoms with E-state index in [9.17, 15) is 0 Å². The summed E-state index contributed by atoms with van der Waals surface area (Å²) in [6, 6.07) is 28.6. The minimum Gasteiger partial charge on any atom is -0.497 e. The molecule has 0 atom stereocenters. The van der Waals surface area contributed by atoms with Crippen LogP contribution >= 0.6 is 7.92 Å². The Bertz CT molecular complexity index is 862. The molecule has 0 fully saturated rings. The van der Waals surface area contributed by atoms with Gasteiger partial charge in [-0.25, -0.2) is 0 Å². The van der Waals surface area contributed by atoms with Crippen molar-refractivity contribution in [2.45, 2.75) is 61.5 Å². The molecule has 3 heteroatoms. The number of hydrogen-bond acceptors (Lipinski definition) is 2. The molecule has 0 N–H and O–H groups in total. The van der Waals surface area contributed by atoms with E-state index in [0.29, 0.717) is 6.61 Å². The second-order valence-electron chi connectivity index (χ2n) is 6.83. The van der Waals surface area contributed by atoms with Crippen LogP contribution in [0.2, 0.25) is 0 Å². The zero-order valence-electron chi connectivity index (χ0n) is 21.5. The van der Waals surface area contributed by atoms with Crippen LogP contribution in [0.3, 0.4) is 0 Å². The lowest BCUT2D eigenvalue weighted by Gasteiger charge is -2.23. The molecule has 0 aliphatic heterocycles. The fourth-order valence-electron chi connectivity index (χ4n) is 3.04. The van der Waals surface area contributed by atoms with Crippen LogP contribution in [-0.4, -0.2) is 6.79 Å². The molecule has 0 heterocycles. The second-order valence-corrected chi connectivity index (χ2v) is 9.01. The Morgan fingerprint density at radius 2 is 1.30 bits per heavy atom. The molecule has 178 valence electrons. The van der Waals surface area contributed by atoms with Crippen molar-refractivity contribution in [3.8, 4) is 0 Å². The summed E-state index contributed by atoms with van der Waals surface area (Å²) in [5.41, 5.74) is 3.81. The molecule has 33 heavy (non-hydrogen) atoms. The molecule has 0 spiro atoms. The van der Waals surface area contributed by atoms with Gasteiger partial charge in [-0.15, -0.1) is 0 Å². The van der Waals surface area contributed by atoms with E-state index in [1.165, 1.54) is 32.6 Å². The molecule has 0 aromatic heterocycles. The van der Waals surface area contributed by atoms with Crippen molar-refractivity contribution in [2.75, 3.05) is 0 Å². The van der Waals surface area contributed by atoms with Crippen molar-refractivity contribution in [1.29, 1.82) is 0 Å². The Hall–Kier alpha value is -2.70. The number of ether oxygens (including phenoxy) is 1. The standard InChI is InChI=1S/C25H27OP.2C2H6.CH2O/c1-4-21-15-16-22(19-26-18-20(2)3)25(17-21)27(23-11-7-5-8-12-23)24-13-9-6-10-14-24;3*1-2/h5-18H,4,19H2,1-3H3;2*1-2H3;1H2. The van der Waals surface area contributed by atoms with Crippen LogP contribution in [0.5, 0.6) is 0 Å². The number of hydrogen-bond donors (Lipinski definition) is 0. The fourth-order valence-corrected chi connectivity index (χ4v) is 5.56. The second kappa shape index (κ2) is 18.8. The highest BCUT2D eigenvalue weighted by Gasteiger charge is 2.20. The smallest absolute Gasteiger partial charge is 0.113 e. The Morgan fingerprint density at radius 3 is 1.73 bits per heavy atom. The van der Waals surface area contributed by atoms with Gasteiger partial charge in [-0.05, 0) is 60.8 Å². The van der Waals surface area contributed by atoms with E-state index in [4.69, 9.17) is 9.53 Å². The number of benzene rings is 3. The van der Waals surface area contributed by atoms with Crippen molar-refractivity contribution in [3.05, 3.63) is 102 Å². The molecule has 3 aromatic carbocycles. The van der Waals surface area contributed by atoms with E-state index >= 15 is 0 Å². The van der Waals surface area contributed by atoms with Gasteiger partial charge in [0.05, 0.1) is 6.26 Å². The Balaban J connectivity index is 0.00000158. The van der Waals surface area contributed by atoms with Crippen LogP contribution in [0.1, 0.15) is 59.6 Å². The van der Waals surface area contributed by atoms with Crippen LogP contribution in [-0.2, 0) is 22.6 Å². The third-order valence-electron chi connectivity index (χ3n) is 4.39. The van der Waals surface area contributed by atoms with Gasteiger partial charge >= 0.3 is 0 Å². The maximum atomic E-state index is 8.00. The molecular weight excluding hydrogens is 423 g/mol. The first-order chi connectivity index (χ1) is 16.2. The van der Waals surface area contributed by atoms with E-state index in [2.05, 4.69) is 99.6 Å². The lowest BCUT2D eigenvalue weighted by atomic mass is 10.1. The molecular formula is C30H41O2P. The first-order valence-electron chi connectivity index (χ1n) is 11.7. The minimum absolute atomic E-state index is 0.600. The molecule has 0 bridgehead atoms. The van der Waals surface area contributed by atoms with Gasteiger partial charge in [0.25, 0.3) is 0 Å². The molecule has 0 saturated heterocycles. The SMILES string of the molecule is C=O.CC.CC.CCc1ccc(COC=C(C)C)c(P(c2ccccc2)c2ccccc2)c1. The van der Waals surface area contributed by atoms with Gasteiger partial charge < -0.3 is 9.53 Å². The van der Waals surface area contributed by atoms with Gasteiger partial charge in [0.2, 0.25) is 0 Å². The van der Waals surface area contributed by atoms with Crippen LogP contribution < -0.4 is 15.9 Å². The fraction of sp³-hybridized carbons (Fsp3) is 0.300. The number of rotatable bonds is 7. The summed E-state index contributed by atoms with van der Waals surface area (Å²) < 4.78 is 5.87. The van der Waals surface area contributed by atoms with Crippen molar-refractivity contribution in [2.24, 2.45) is 0 Å². The van der Waals surface area contributed by atoms with Crippen LogP contribution in [0.15, 0.2) is 90.7 Å². The van der Waals surface area contributed by atoms with Gasteiger partial charge in [0.1, 0.15) is 13.4 Å². The number of carbonyl (C=O) groups is 1. The molecule has 0 amide bonds. The van der Waals surface area contributed by atoms with Crippen molar-refractivity contribution >= 4 is 30.6 Å². The third-order valence-corrected chi connectivity index (χ3v) is 6.91. The normalized spacial score (nSPS) is 9.21. The predicted molar refractivity (Wildman–Crippen MR) is 149 cm³/mol. The Morgan fingerprint density at radius 1 is 0.818 bits per heavy atom. The average molecular weight is 465 g/mol. The van der Waals surface area contributed by atoms with Crippen molar-refractivity contribution in [3.63, 3.8) is 0 Å². The lowest BCUT2D eigenvalue weighted by molar-refractivity contribution is -0.0979. The summed E-state index contributed by atoms with van der Waals surface area (Å²) in [4.78, 5) is 8.00. The Labute approximate surface area is 203 Å². The zero-order chi connectivity index (χ0) is 25.1. The summed E-state index contributed by atoms with van der Waals surface area (Å²) in [5, 5.41) is 4.13.